The van der Waals surface area contributed by atoms with Crippen LogP contribution in [0, 0.1) is 0 Å². The van der Waals surface area contributed by atoms with E-state index in [2.05, 4.69) is 4.90 Å². The molecule has 1 amide bonds. The molecule has 1 atom stereocenters. The van der Waals surface area contributed by atoms with Crippen LogP contribution in [0.3, 0.4) is 0 Å². The second-order valence-corrected chi connectivity index (χ2v) is 7.34. The van der Waals surface area contributed by atoms with Crippen molar-refractivity contribution in [1.82, 2.24) is 14.9 Å². The first-order valence-corrected chi connectivity index (χ1v) is 8.96. The van der Waals surface area contributed by atoms with Crippen LogP contribution in [0.2, 0.25) is 0 Å². The maximum Gasteiger partial charge on any atom is 0.315 e. The number of morpholine rings is 1. The first-order chi connectivity index (χ1) is 9.75. The minimum absolute atomic E-state index is 0.0682. The van der Waals surface area contributed by atoms with Crippen molar-refractivity contribution in [1.29, 1.82) is 0 Å². The topological polar surface area (TPSA) is 53.1 Å². The van der Waals surface area contributed by atoms with E-state index in [4.69, 9.17) is 4.74 Å². The first-order valence-electron chi connectivity index (χ1n) is 6.92. The van der Waals surface area contributed by atoms with Gasteiger partial charge in [0.1, 0.15) is 0 Å². The predicted octanol–water partition coefficient (Wildman–Crippen LogP) is -0.289. The van der Waals surface area contributed by atoms with E-state index in [-0.39, 0.29) is 16.4 Å². The summed E-state index contributed by atoms with van der Waals surface area (Å²) >= 11 is 3.07. The molecular formula is C12H19N3O3S2. The minimum Gasteiger partial charge on any atom is -0.379 e. The molecule has 0 aliphatic carbocycles. The fraction of sp³-hybridized carbons (Fsp3) is 0.833. The molecule has 0 aromatic heterocycles. The maximum absolute atomic E-state index is 12.1. The SMILES string of the molecule is O=C1SC(N2CCOCC2)CN(N2CCSCC2)C1=O. The van der Waals surface area contributed by atoms with E-state index in [9.17, 15) is 9.59 Å². The molecule has 0 bridgehead atoms. The molecule has 8 heteroatoms. The zero-order valence-electron chi connectivity index (χ0n) is 11.3. The van der Waals surface area contributed by atoms with Gasteiger partial charge in [-0.05, 0) is 0 Å². The van der Waals surface area contributed by atoms with E-state index in [1.54, 1.807) is 5.01 Å². The lowest BCUT2D eigenvalue weighted by Gasteiger charge is -2.44. The number of hydrogen-bond acceptors (Lipinski definition) is 7. The molecule has 0 spiro atoms. The Labute approximate surface area is 127 Å². The van der Waals surface area contributed by atoms with Crippen LogP contribution in [0.1, 0.15) is 0 Å². The zero-order valence-corrected chi connectivity index (χ0v) is 13.0. The summed E-state index contributed by atoms with van der Waals surface area (Å²) in [6, 6.07) is 0. The van der Waals surface area contributed by atoms with Crippen LogP contribution in [0.25, 0.3) is 0 Å². The van der Waals surface area contributed by atoms with E-state index < -0.39 is 0 Å². The Kier molecular flexibility index (Phi) is 4.87. The van der Waals surface area contributed by atoms with Crippen LogP contribution >= 0.6 is 23.5 Å². The Morgan fingerprint density at radius 2 is 1.75 bits per heavy atom. The summed E-state index contributed by atoms with van der Waals surface area (Å²) in [6.45, 7) is 5.40. The smallest absolute Gasteiger partial charge is 0.315 e. The number of amides is 1. The number of hydrazine groups is 1. The third-order valence-electron chi connectivity index (χ3n) is 3.76. The number of thioether (sulfide) groups is 2. The number of hydrogen-bond donors (Lipinski definition) is 0. The molecule has 3 saturated heterocycles. The summed E-state index contributed by atoms with van der Waals surface area (Å²) in [5.41, 5.74) is 0. The summed E-state index contributed by atoms with van der Waals surface area (Å²) in [5.74, 6) is 1.69. The molecule has 0 N–H and O–H groups in total. The first kappa shape index (κ1) is 14.6. The molecule has 3 fully saturated rings. The van der Waals surface area contributed by atoms with Gasteiger partial charge in [-0.15, -0.1) is 0 Å². The van der Waals surface area contributed by atoms with Crippen molar-refractivity contribution in [2.24, 2.45) is 0 Å². The van der Waals surface area contributed by atoms with Crippen molar-refractivity contribution in [3.8, 4) is 0 Å². The fourth-order valence-corrected chi connectivity index (χ4v) is 4.55. The van der Waals surface area contributed by atoms with E-state index >= 15 is 0 Å². The van der Waals surface area contributed by atoms with E-state index in [0.717, 1.165) is 37.7 Å². The van der Waals surface area contributed by atoms with Gasteiger partial charge in [-0.1, -0.05) is 11.8 Å². The monoisotopic (exact) mass is 317 g/mol. The number of nitrogens with zero attached hydrogens (tertiary/aromatic N) is 3. The van der Waals surface area contributed by atoms with Crippen LogP contribution < -0.4 is 0 Å². The predicted molar refractivity (Wildman–Crippen MR) is 79.4 cm³/mol. The second-order valence-electron chi connectivity index (χ2n) is 4.96. The summed E-state index contributed by atoms with van der Waals surface area (Å²) in [6.07, 6.45) is 0. The van der Waals surface area contributed by atoms with Gasteiger partial charge in [0, 0.05) is 37.7 Å². The lowest BCUT2D eigenvalue weighted by atomic mass is 10.4. The molecule has 3 aliphatic heterocycles. The van der Waals surface area contributed by atoms with Crippen LogP contribution in [0.15, 0.2) is 0 Å². The third-order valence-corrected chi connectivity index (χ3v) is 5.81. The molecule has 20 heavy (non-hydrogen) atoms. The van der Waals surface area contributed by atoms with Gasteiger partial charge in [0.2, 0.25) is 0 Å². The van der Waals surface area contributed by atoms with Gasteiger partial charge >= 0.3 is 5.91 Å². The van der Waals surface area contributed by atoms with Crippen LogP contribution in [-0.4, -0.2) is 88.8 Å². The van der Waals surface area contributed by atoms with Gasteiger partial charge in [0.25, 0.3) is 5.12 Å². The molecule has 3 heterocycles. The number of carbonyl (C=O) groups is 2. The Balaban J connectivity index is 1.68. The highest BCUT2D eigenvalue weighted by Crippen LogP contribution is 2.27. The molecule has 0 radical (unpaired) electrons. The molecule has 1 unspecified atom stereocenters. The van der Waals surface area contributed by atoms with Crippen molar-refractivity contribution in [3.63, 3.8) is 0 Å². The number of ether oxygens (including phenoxy) is 1. The second kappa shape index (κ2) is 6.65. The van der Waals surface area contributed by atoms with Crippen molar-refractivity contribution in [3.05, 3.63) is 0 Å². The molecule has 0 aromatic rings. The average Bonchev–Trinajstić information content (AvgIpc) is 2.51. The van der Waals surface area contributed by atoms with Gasteiger partial charge < -0.3 is 4.74 Å². The lowest BCUT2D eigenvalue weighted by Crippen LogP contribution is -2.60. The molecule has 6 nitrogen and oxygen atoms in total. The normalized spacial score (nSPS) is 30.8. The van der Waals surface area contributed by atoms with E-state index in [0.29, 0.717) is 19.8 Å². The third kappa shape index (κ3) is 3.14. The molecular weight excluding hydrogens is 298 g/mol. The largest absolute Gasteiger partial charge is 0.379 e. The van der Waals surface area contributed by atoms with Gasteiger partial charge in [0.05, 0.1) is 25.1 Å². The van der Waals surface area contributed by atoms with Crippen molar-refractivity contribution < 1.29 is 14.3 Å². The molecule has 0 aromatic carbocycles. The Hall–Kier alpha value is -0.280. The van der Waals surface area contributed by atoms with Crippen molar-refractivity contribution >= 4 is 34.5 Å². The quantitative estimate of drug-likeness (QED) is 0.649. The Bertz CT molecular complexity index is 384. The fourth-order valence-electron chi connectivity index (χ4n) is 2.64. The minimum atomic E-state index is -0.355. The molecule has 112 valence electrons. The maximum atomic E-state index is 12.1. The van der Waals surface area contributed by atoms with E-state index in [1.165, 1.54) is 11.8 Å². The standard InChI is InChI=1S/C12H19N3O3S2/c16-11-12(17)20-10(13-1-5-18-6-2-13)9-15(11)14-3-7-19-8-4-14/h10H,1-9H2. The van der Waals surface area contributed by atoms with Crippen LogP contribution in [-0.2, 0) is 14.3 Å². The van der Waals surface area contributed by atoms with E-state index in [1.807, 2.05) is 16.8 Å². The Morgan fingerprint density at radius 1 is 1.05 bits per heavy atom. The molecule has 0 saturated carbocycles. The van der Waals surface area contributed by atoms with Crippen LogP contribution in [0.4, 0.5) is 0 Å². The summed E-state index contributed by atoms with van der Waals surface area (Å²) < 4.78 is 5.35. The molecule has 3 aliphatic rings. The highest BCUT2D eigenvalue weighted by molar-refractivity contribution is 8.16. The average molecular weight is 317 g/mol. The van der Waals surface area contributed by atoms with Crippen molar-refractivity contribution in [2.45, 2.75) is 5.37 Å². The summed E-state index contributed by atoms with van der Waals surface area (Å²) in [7, 11) is 0. The highest BCUT2D eigenvalue weighted by Gasteiger charge is 2.39. The summed E-state index contributed by atoms with van der Waals surface area (Å²) in [5, 5.41) is 3.47. The highest BCUT2D eigenvalue weighted by atomic mass is 32.2. The van der Waals surface area contributed by atoms with Gasteiger partial charge in [0.15, 0.2) is 0 Å². The van der Waals surface area contributed by atoms with Crippen molar-refractivity contribution in [2.75, 3.05) is 57.4 Å². The Morgan fingerprint density at radius 3 is 2.45 bits per heavy atom. The summed E-state index contributed by atoms with van der Waals surface area (Å²) in [4.78, 5) is 26.4. The van der Waals surface area contributed by atoms with Gasteiger partial charge in [-0.3, -0.25) is 19.5 Å². The number of carbonyl (C=O) groups excluding carboxylic acids is 2. The van der Waals surface area contributed by atoms with Gasteiger partial charge in [-0.25, -0.2) is 5.01 Å². The lowest BCUT2D eigenvalue weighted by molar-refractivity contribution is -0.156. The van der Waals surface area contributed by atoms with Gasteiger partial charge in [-0.2, -0.15) is 11.8 Å². The number of rotatable bonds is 2. The zero-order chi connectivity index (χ0) is 13.9. The van der Waals surface area contributed by atoms with Crippen LogP contribution in [0.5, 0.6) is 0 Å². The molecule has 3 rings (SSSR count).